The first-order valence-electron chi connectivity index (χ1n) is 9.73. The Morgan fingerprint density at radius 2 is 1.75 bits per heavy atom. The summed E-state index contributed by atoms with van der Waals surface area (Å²) < 4.78 is 5.47. The van der Waals surface area contributed by atoms with Gasteiger partial charge >= 0.3 is 0 Å². The van der Waals surface area contributed by atoms with Gasteiger partial charge < -0.3 is 24.8 Å². The molecule has 3 heterocycles. The molecule has 2 fully saturated rings. The van der Waals surface area contributed by atoms with Crippen LogP contribution in [0.4, 0.5) is 23.1 Å². The van der Waals surface area contributed by atoms with E-state index in [2.05, 4.69) is 26.2 Å². The topological polar surface area (TPSA) is 73.8 Å². The molecular weight excluding hydrogens is 356 g/mol. The fraction of sp³-hybridized carbons (Fsp3) is 0.450. The number of ether oxygens (including phenoxy) is 1. The van der Waals surface area contributed by atoms with Gasteiger partial charge in [-0.25, -0.2) is 4.98 Å². The SMILES string of the molecule is CC(=O)N1CCN(c2ccnc(Nc3ccccc3N3CCOCC3)n2)CC1. The van der Waals surface area contributed by atoms with E-state index >= 15 is 0 Å². The Morgan fingerprint density at radius 1 is 1.00 bits per heavy atom. The van der Waals surface area contributed by atoms with Gasteiger partial charge in [0, 0.05) is 52.4 Å². The third-order valence-electron chi connectivity index (χ3n) is 5.19. The summed E-state index contributed by atoms with van der Waals surface area (Å²) in [4.78, 5) is 27.0. The number of rotatable bonds is 4. The molecule has 4 rings (SSSR count). The molecule has 0 radical (unpaired) electrons. The quantitative estimate of drug-likeness (QED) is 0.863. The third-order valence-corrected chi connectivity index (χ3v) is 5.19. The highest BCUT2D eigenvalue weighted by molar-refractivity contribution is 5.74. The number of amides is 1. The largest absolute Gasteiger partial charge is 0.378 e. The van der Waals surface area contributed by atoms with Crippen molar-refractivity contribution >= 4 is 29.0 Å². The van der Waals surface area contributed by atoms with Gasteiger partial charge in [0.25, 0.3) is 0 Å². The molecule has 8 nitrogen and oxygen atoms in total. The maximum atomic E-state index is 11.5. The first-order chi connectivity index (χ1) is 13.7. The Hall–Kier alpha value is -2.87. The number of carbonyl (C=O) groups excluding carboxylic acids is 1. The fourth-order valence-electron chi connectivity index (χ4n) is 3.62. The molecule has 0 aliphatic carbocycles. The summed E-state index contributed by atoms with van der Waals surface area (Å²) in [5.74, 6) is 1.58. The van der Waals surface area contributed by atoms with Gasteiger partial charge in [0.2, 0.25) is 11.9 Å². The molecule has 28 heavy (non-hydrogen) atoms. The van der Waals surface area contributed by atoms with Crippen LogP contribution in [0.25, 0.3) is 0 Å². The number of nitrogens with zero attached hydrogens (tertiary/aromatic N) is 5. The molecule has 2 aromatic rings. The minimum Gasteiger partial charge on any atom is -0.378 e. The number of hydrogen-bond donors (Lipinski definition) is 1. The summed E-state index contributed by atoms with van der Waals surface area (Å²) in [7, 11) is 0. The molecule has 0 spiro atoms. The van der Waals surface area contributed by atoms with Crippen molar-refractivity contribution in [3.05, 3.63) is 36.5 Å². The van der Waals surface area contributed by atoms with Crippen molar-refractivity contribution in [3.8, 4) is 0 Å². The molecule has 1 amide bonds. The van der Waals surface area contributed by atoms with E-state index < -0.39 is 0 Å². The normalized spacial score (nSPS) is 17.5. The smallest absolute Gasteiger partial charge is 0.229 e. The zero-order valence-corrected chi connectivity index (χ0v) is 16.2. The molecule has 1 aromatic heterocycles. The average Bonchev–Trinajstić information content (AvgIpc) is 2.75. The lowest BCUT2D eigenvalue weighted by Gasteiger charge is -2.35. The first-order valence-corrected chi connectivity index (χ1v) is 9.73. The number of anilines is 4. The van der Waals surface area contributed by atoms with Crippen molar-refractivity contribution in [2.45, 2.75) is 6.92 Å². The molecule has 0 unspecified atom stereocenters. The lowest BCUT2D eigenvalue weighted by Crippen LogP contribution is -2.48. The first kappa shape index (κ1) is 18.5. The maximum Gasteiger partial charge on any atom is 0.229 e. The van der Waals surface area contributed by atoms with E-state index in [1.54, 1.807) is 13.1 Å². The second-order valence-electron chi connectivity index (χ2n) is 6.97. The predicted molar refractivity (Wildman–Crippen MR) is 109 cm³/mol. The Morgan fingerprint density at radius 3 is 2.50 bits per heavy atom. The van der Waals surface area contributed by atoms with Crippen LogP contribution < -0.4 is 15.1 Å². The number of aromatic nitrogens is 2. The van der Waals surface area contributed by atoms with Gasteiger partial charge in [0.1, 0.15) is 5.82 Å². The summed E-state index contributed by atoms with van der Waals surface area (Å²) >= 11 is 0. The standard InChI is InChI=1S/C20H26N6O2/c1-16(27)24-8-10-26(11-9-24)19-6-7-21-20(23-19)22-17-4-2-3-5-18(17)25-12-14-28-15-13-25/h2-7H,8-15H2,1H3,(H,21,22,23). The summed E-state index contributed by atoms with van der Waals surface area (Å²) in [5, 5.41) is 3.38. The van der Waals surface area contributed by atoms with Crippen LogP contribution in [-0.2, 0) is 9.53 Å². The molecule has 0 atom stereocenters. The van der Waals surface area contributed by atoms with E-state index in [0.717, 1.165) is 69.7 Å². The molecule has 8 heteroatoms. The monoisotopic (exact) mass is 382 g/mol. The Bertz CT molecular complexity index is 816. The van der Waals surface area contributed by atoms with Crippen molar-refractivity contribution < 1.29 is 9.53 Å². The van der Waals surface area contributed by atoms with Gasteiger partial charge in [-0.05, 0) is 18.2 Å². The minimum absolute atomic E-state index is 0.129. The van der Waals surface area contributed by atoms with Crippen molar-refractivity contribution in [2.24, 2.45) is 0 Å². The second kappa shape index (κ2) is 8.43. The number of benzene rings is 1. The van der Waals surface area contributed by atoms with Gasteiger partial charge in [-0.3, -0.25) is 4.79 Å². The Balaban J connectivity index is 1.48. The minimum atomic E-state index is 0.129. The fourth-order valence-corrected chi connectivity index (χ4v) is 3.62. The molecule has 1 aromatic carbocycles. The highest BCUT2D eigenvalue weighted by Crippen LogP contribution is 2.28. The number of carbonyl (C=O) groups is 1. The van der Waals surface area contributed by atoms with Crippen molar-refractivity contribution in [2.75, 3.05) is 67.6 Å². The van der Waals surface area contributed by atoms with Crippen LogP contribution in [0.1, 0.15) is 6.92 Å². The van der Waals surface area contributed by atoms with Crippen LogP contribution in [0.5, 0.6) is 0 Å². The van der Waals surface area contributed by atoms with Crippen LogP contribution in [-0.4, -0.2) is 73.3 Å². The Kier molecular flexibility index (Phi) is 5.57. The summed E-state index contributed by atoms with van der Waals surface area (Å²) in [6.45, 7) is 7.86. The third kappa shape index (κ3) is 4.17. The molecule has 2 aliphatic heterocycles. The van der Waals surface area contributed by atoms with Gasteiger partial charge in [0.15, 0.2) is 0 Å². The van der Waals surface area contributed by atoms with Crippen LogP contribution >= 0.6 is 0 Å². The summed E-state index contributed by atoms with van der Waals surface area (Å²) in [5.41, 5.74) is 2.12. The van der Waals surface area contributed by atoms with E-state index in [0.29, 0.717) is 5.95 Å². The van der Waals surface area contributed by atoms with Crippen LogP contribution in [0.2, 0.25) is 0 Å². The zero-order chi connectivity index (χ0) is 19.3. The zero-order valence-electron chi connectivity index (χ0n) is 16.2. The molecule has 2 saturated heterocycles. The number of hydrogen-bond acceptors (Lipinski definition) is 7. The van der Waals surface area contributed by atoms with Crippen molar-refractivity contribution in [1.82, 2.24) is 14.9 Å². The van der Waals surface area contributed by atoms with Crippen LogP contribution in [0, 0.1) is 0 Å². The molecule has 0 saturated carbocycles. The lowest BCUT2D eigenvalue weighted by atomic mass is 10.2. The molecular formula is C20H26N6O2. The predicted octanol–water partition coefficient (Wildman–Crippen LogP) is 1.73. The van der Waals surface area contributed by atoms with E-state index in [1.807, 2.05) is 29.2 Å². The maximum absolute atomic E-state index is 11.5. The number of piperazine rings is 1. The van der Waals surface area contributed by atoms with E-state index in [1.165, 1.54) is 0 Å². The van der Waals surface area contributed by atoms with Gasteiger partial charge in [-0.2, -0.15) is 4.98 Å². The van der Waals surface area contributed by atoms with E-state index in [4.69, 9.17) is 9.72 Å². The molecule has 0 bridgehead atoms. The van der Waals surface area contributed by atoms with Crippen molar-refractivity contribution in [3.63, 3.8) is 0 Å². The number of para-hydroxylation sites is 2. The highest BCUT2D eigenvalue weighted by atomic mass is 16.5. The lowest BCUT2D eigenvalue weighted by molar-refractivity contribution is -0.129. The van der Waals surface area contributed by atoms with Crippen LogP contribution in [0.3, 0.4) is 0 Å². The van der Waals surface area contributed by atoms with Gasteiger partial charge in [0.05, 0.1) is 24.6 Å². The average molecular weight is 382 g/mol. The number of morpholine rings is 1. The van der Waals surface area contributed by atoms with Gasteiger partial charge in [-0.1, -0.05) is 12.1 Å². The molecule has 2 aliphatic rings. The van der Waals surface area contributed by atoms with Crippen LogP contribution in [0.15, 0.2) is 36.5 Å². The molecule has 148 valence electrons. The second-order valence-corrected chi connectivity index (χ2v) is 6.97. The van der Waals surface area contributed by atoms with Gasteiger partial charge in [-0.15, -0.1) is 0 Å². The van der Waals surface area contributed by atoms with E-state index in [9.17, 15) is 4.79 Å². The summed E-state index contributed by atoms with van der Waals surface area (Å²) in [6.07, 6.45) is 1.78. The Labute approximate surface area is 165 Å². The number of nitrogens with one attached hydrogen (secondary N) is 1. The highest BCUT2D eigenvalue weighted by Gasteiger charge is 2.20. The van der Waals surface area contributed by atoms with E-state index in [-0.39, 0.29) is 5.91 Å². The molecule has 1 N–H and O–H groups in total. The summed E-state index contributed by atoms with van der Waals surface area (Å²) in [6, 6.07) is 10.1. The van der Waals surface area contributed by atoms with Crippen molar-refractivity contribution in [1.29, 1.82) is 0 Å².